The van der Waals surface area contributed by atoms with Crippen molar-refractivity contribution >= 4 is 11.9 Å². The predicted molar refractivity (Wildman–Crippen MR) is 93.6 cm³/mol. The fraction of sp³-hybridized carbons (Fsp3) is 0.421. The molecule has 3 rings (SSSR count). The van der Waals surface area contributed by atoms with E-state index >= 15 is 0 Å². The number of fused-ring (bicyclic) bond motifs is 1. The Labute approximate surface area is 155 Å². The Bertz CT molecular complexity index is 921. The van der Waals surface area contributed by atoms with Gasteiger partial charge in [-0.3, -0.25) is 9.48 Å². The number of carboxylic acid groups (broad SMARTS) is 1. The fourth-order valence-electron chi connectivity index (χ4n) is 3.34. The van der Waals surface area contributed by atoms with Gasteiger partial charge in [0.05, 0.1) is 6.54 Å². The quantitative estimate of drug-likeness (QED) is 0.889. The van der Waals surface area contributed by atoms with Crippen LogP contribution in [-0.2, 0) is 19.5 Å². The number of hydrogen-bond donors (Lipinski definition) is 1. The van der Waals surface area contributed by atoms with E-state index in [1.807, 2.05) is 13.8 Å². The SMILES string of the molecule is Cc1ccc(F)c(C(=O)N2CCc3c(c(C(=O)O)nn3CC(C)C)C2)c1F. The summed E-state index contributed by atoms with van der Waals surface area (Å²) in [4.78, 5) is 25.6. The summed E-state index contributed by atoms with van der Waals surface area (Å²) in [5.41, 5.74) is 0.637. The molecule has 0 spiro atoms. The normalized spacial score (nSPS) is 13.8. The maximum absolute atomic E-state index is 14.3. The van der Waals surface area contributed by atoms with Crippen LogP contribution >= 0.6 is 0 Å². The first kappa shape index (κ1) is 19.0. The van der Waals surface area contributed by atoms with Gasteiger partial charge in [0.25, 0.3) is 5.91 Å². The summed E-state index contributed by atoms with van der Waals surface area (Å²) in [5.74, 6) is -3.52. The molecule has 0 fully saturated rings. The van der Waals surface area contributed by atoms with Crippen molar-refractivity contribution in [2.45, 2.75) is 40.3 Å². The van der Waals surface area contributed by atoms with E-state index in [4.69, 9.17) is 0 Å². The standard InChI is InChI=1S/C19H21F2N3O3/c1-10(2)8-24-14-6-7-23(9-12(14)17(22-24)19(26)27)18(25)15-13(20)5-4-11(3)16(15)21/h4-5,10H,6-9H2,1-3H3,(H,26,27). The number of nitrogens with zero attached hydrogens (tertiary/aromatic N) is 3. The van der Waals surface area contributed by atoms with Gasteiger partial charge in [-0.15, -0.1) is 0 Å². The zero-order chi connectivity index (χ0) is 19.9. The van der Waals surface area contributed by atoms with Crippen LogP contribution in [0.25, 0.3) is 0 Å². The number of benzene rings is 1. The van der Waals surface area contributed by atoms with E-state index in [0.717, 1.165) is 11.8 Å². The second-order valence-corrected chi connectivity index (χ2v) is 7.18. The van der Waals surface area contributed by atoms with Crippen LogP contribution < -0.4 is 0 Å². The van der Waals surface area contributed by atoms with Crippen molar-refractivity contribution in [1.29, 1.82) is 0 Å². The lowest BCUT2D eigenvalue weighted by Crippen LogP contribution is -2.37. The highest BCUT2D eigenvalue weighted by molar-refractivity contribution is 5.95. The predicted octanol–water partition coefficient (Wildman–Crippen LogP) is 3.02. The van der Waals surface area contributed by atoms with Crippen LogP contribution in [-0.4, -0.2) is 38.2 Å². The molecule has 1 amide bonds. The molecule has 1 N–H and O–H groups in total. The smallest absolute Gasteiger partial charge is 0.356 e. The zero-order valence-corrected chi connectivity index (χ0v) is 15.4. The van der Waals surface area contributed by atoms with Gasteiger partial charge in [0.15, 0.2) is 5.69 Å². The summed E-state index contributed by atoms with van der Waals surface area (Å²) in [6.07, 6.45) is 0.378. The van der Waals surface area contributed by atoms with E-state index in [-0.39, 0.29) is 30.3 Å². The lowest BCUT2D eigenvalue weighted by molar-refractivity contribution is 0.0671. The van der Waals surface area contributed by atoms with Gasteiger partial charge in [-0.2, -0.15) is 5.10 Å². The zero-order valence-electron chi connectivity index (χ0n) is 15.4. The summed E-state index contributed by atoms with van der Waals surface area (Å²) in [7, 11) is 0. The average Bonchev–Trinajstić information content (AvgIpc) is 2.96. The number of aryl methyl sites for hydroxylation is 1. The molecule has 0 unspecified atom stereocenters. The van der Waals surface area contributed by atoms with Crippen LogP contribution in [0.3, 0.4) is 0 Å². The lowest BCUT2D eigenvalue weighted by atomic mass is 10.0. The summed E-state index contributed by atoms with van der Waals surface area (Å²) in [5, 5.41) is 13.6. The maximum atomic E-state index is 14.3. The third-order valence-corrected chi connectivity index (χ3v) is 4.66. The van der Waals surface area contributed by atoms with E-state index in [9.17, 15) is 23.5 Å². The Kier molecular flexibility index (Phi) is 4.99. The maximum Gasteiger partial charge on any atom is 0.356 e. The molecule has 1 aromatic carbocycles. The first-order valence-electron chi connectivity index (χ1n) is 8.76. The second-order valence-electron chi connectivity index (χ2n) is 7.18. The Morgan fingerprint density at radius 3 is 2.63 bits per heavy atom. The van der Waals surface area contributed by atoms with E-state index < -0.39 is 29.1 Å². The van der Waals surface area contributed by atoms with Crippen LogP contribution in [0.4, 0.5) is 8.78 Å². The summed E-state index contributed by atoms with van der Waals surface area (Å²) < 4.78 is 30.1. The van der Waals surface area contributed by atoms with Gasteiger partial charge < -0.3 is 10.0 Å². The summed E-state index contributed by atoms with van der Waals surface area (Å²) in [6, 6.07) is 2.33. The highest BCUT2D eigenvalue weighted by Crippen LogP contribution is 2.26. The molecule has 0 radical (unpaired) electrons. The summed E-state index contributed by atoms with van der Waals surface area (Å²) >= 11 is 0. The summed E-state index contributed by atoms with van der Waals surface area (Å²) in [6.45, 7) is 6.21. The molecule has 2 heterocycles. The van der Waals surface area contributed by atoms with Crippen molar-refractivity contribution in [1.82, 2.24) is 14.7 Å². The molecule has 2 aromatic rings. The van der Waals surface area contributed by atoms with Crippen molar-refractivity contribution in [2.24, 2.45) is 5.92 Å². The molecule has 8 heteroatoms. The highest BCUT2D eigenvalue weighted by atomic mass is 19.1. The number of rotatable bonds is 4. The minimum absolute atomic E-state index is 0.0410. The van der Waals surface area contributed by atoms with Crippen LogP contribution in [0.1, 0.15) is 51.5 Å². The molecule has 0 bridgehead atoms. The van der Waals surface area contributed by atoms with Crippen molar-refractivity contribution < 1.29 is 23.5 Å². The molecule has 0 atom stereocenters. The molecule has 0 saturated heterocycles. The van der Waals surface area contributed by atoms with Crippen LogP contribution in [0.15, 0.2) is 12.1 Å². The Hall–Kier alpha value is -2.77. The van der Waals surface area contributed by atoms with Crippen molar-refractivity contribution in [2.75, 3.05) is 6.54 Å². The number of carbonyl (C=O) groups excluding carboxylic acids is 1. The third-order valence-electron chi connectivity index (χ3n) is 4.66. The molecule has 144 valence electrons. The number of hydrogen-bond acceptors (Lipinski definition) is 3. The minimum atomic E-state index is -1.18. The van der Waals surface area contributed by atoms with Gasteiger partial charge in [0, 0.05) is 30.8 Å². The number of amides is 1. The highest BCUT2D eigenvalue weighted by Gasteiger charge is 2.32. The van der Waals surface area contributed by atoms with E-state index in [2.05, 4.69) is 5.10 Å². The lowest BCUT2D eigenvalue weighted by Gasteiger charge is -2.28. The van der Waals surface area contributed by atoms with Crippen LogP contribution in [0.5, 0.6) is 0 Å². The van der Waals surface area contributed by atoms with Crippen LogP contribution in [0, 0.1) is 24.5 Å². The monoisotopic (exact) mass is 377 g/mol. The Morgan fingerprint density at radius 2 is 2.00 bits per heavy atom. The molecule has 1 aromatic heterocycles. The Balaban J connectivity index is 1.97. The molecule has 27 heavy (non-hydrogen) atoms. The van der Waals surface area contributed by atoms with Crippen molar-refractivity contribution in [3.63, 3.8) is 0 Å². The van der Waals surface area contributed by atoms with Crippen LogP contribution in [0.2, 0.25) is 0 Å². The second kappa shape index (κ2) is 7.09. The van der Waals surface area contributed by atoms with Crippen molar-refractivity contribution in [3.05, 3.63) is 51.8 Å². The fourth-order valence-corrected chi connectivity index (χ4v) is 3.34. The first-order valence-corrected chi connectivity index (χ1v) is 8.76. The minimum Gasteiger partial charge on any atom is -0.476 e. The van der Waals surface area contributed by atoms with Gasteiger partial charge >= 0.3 is 5.97 Å². The van der Waals surface area contributed by atoms with E-state index in [1.165, 1.54) is 17.9 Å². The van der Waals surface area contributed by atoms with Crippen molar-refractivity contribution in [3.8, 4) is 0 Å². The number of aromatic nitrogens is 2. The number of halogens is 2. The van der Waals surface area contributed by atoms with Gasteiger partial charge in [-0.05, 0) is 24.5 Å². The van der Waals surface area contributed by atoms with E-state index in [1.54, 1.807) is 4.68 Å². The van der Waals surface area contributed by atoms with Gasteiger partial charge in [0.1, 0.15) is 17.2 Å². The van der Waals surface area contributed by atoms with Gasteiger partial charge in [0.2, 0.25) is 0 Å². The van der Waals surface area contributed by atoms with Gasteiger partial charge in [-0.25, -0.2) is 13.6 Å². The molecular weight excluding hydrogens is 356 g/mol. The number of aromatic carboxylic acids is 1. The third kappa shape index (κ3) is 3.43. The molecular formula is C19H21F2N3O3. The molecule has 0 aliphatic carbocycles. The molecule has 6 nitrogen and oxygen atoms in total. The Morgan fingerprint density at radius 1 is 1.30 bits per heavy atom. The first-order chi connectivity index (χ1) is 12.7. The number of carboxylic acids is 1. The largest absolute Gasteiger partial charge is 0.476 e. The molecule has 1 aliphatic heterocycles. The average molecular weight is 377 g/mol. The topological polar surface area (TPSA) is 75.4 Å². The molecule has 1 aliphatic rings. The number of carbonyl (C=O) groups is 2. The molecule has 0 saturated carbocycles. The van der Waals surface area contributed by atoms with Gasteiger partial charge in [-0.1, -0.05) is 19.9 Å². The van der Waals surface area contributed by atoms with E-state index in [0.29, 0.717) is 18.5 Å².